The van der Waals surface area contributed by atoms with Crippen molar-refractivity contribution in [2.75, 3.05) is 39.3 Å². The van der Waals surface area contributed by atoms with Crippen molar-refractivity contribution in [3.63, 3.8) is 0 Å². The van der Waals surface area contributed by atoms with Gasteiger partial charge in [-0.15, -0.1) is 11.3 Å². The molecule has 1 saturated heterocycles. The summed E-state index contributed by atoms with van der Waals surface area (Å²) in [6.45, 7) is 4.26. The van der Waals surface area contributed by atoms with Gasteiger partial charge in [-0.2, -0.15) is 13.2 Å². The van der Waals surface area contributed by atoms with Gasteiger partial charge in [-0.25, -0.2) is 0 Å². The number of hydrogen-bond acceptors (Lipinski definition) is 3. The Hall–Kier alpha value is -1.28. The molecule has 0 radical (unpaired) electrons. The van der Waals surface area contributed by atoms with E-state index in [4.69, 9.17) is 0 Å². The first-order valence-corrected chi connectivity index (χ1v) is 9.18. The lowest BCUT2D eigenvalue weighted by molar-refractivity contribution is -0.143. The topological polar surface area (TPSA) is 39.7 Å². The molecule has 1 aliphatic rings. The van der Waals surface area contributed by atoms with E-state index in [2.05, 4.69) is 27.1 Å². The lowest BCUT2D eigenvalue weighted by Crippen LogP contribution is -2.38. The van der Waals surface area contributed by atoms with Gasteiger partial charge < -0.3 is 10.6 Å². The zero-order chi connectivity index (χ0) is 17.4. The van der Waals surface area contributed by atoms with Crippen molar-refractivity contribution < 1.29 is 13.2 Å². The van der Waals surface area contributed by atoms with Crippen LogP contribution in [0, 0.1) is 5.92 Å². The van der Waals surface area contributed by atoms with Gasteiger partial charge in [0.15, 0.2) is 5.96 Å². The van der Waals surface area contributed by atoms with Gasteiger partial charge in [-0.1, -0.05) is 6.07 Å². The summed E-state index contributed by atoms with van der Waals surface area (Å²) in [4.78, 5) is 7.32. The number of rotatable bonds is 7. The second-order valence-corrected chi connectivity index (χ2v) is 7.01. The Morgan fingerprint density at radius 3 is 2.92 bits per heavy atom. The van der Waals surface area contributed by atoms with Gasteiger partial charge in [0, 0.05) is 31.1 Å². The van der Waals surface area contributed by atoms with Crippen LogP contribution in [0.4, 0.5) is 13.2 Å². The van der Waals surface area contributed by atoms with Crippen molar-refractivity contribution in [3.05, 3.63) is 22.4 Å². The molecule has 0 bridgehead atoms. The smallest absolute Gasteiger partial charge is 0.357 e. The Bertz CT molecular complexity index is 502. The fraction of sp³-hybridized carbons (Fsp3) is 0.688. The molecule has 1 unspecified atom stereocenters. The maximum absolute atomic E-state index is 12.4. The third kappa shape index (κ3) is 7.09. The van der Waals surface area contributed by atoms with Crippen molar-refractivity contribution in [1.29, 1.82) is 0 Å². The second kappa shape index (κ2) is 9.27. The molecule has 2 rings (SSSR count). The molecule has 0 amide bonds. The van der Waals surface area contributed by atoms with Crippen LogP contribution >= 0.6 is 11.3 Å². The molecule has 0 aliphatic carbocycles. The van der Waals surface area contributed by atoms with Crippen LogP contribution in [0.15, 0.2) is 22.5 Å². The number of hydrogen-bond donors (Lipinski definition) is 2. The fourth-order valence-electron chi connectivity index (χ4n) is 2.78. The van der Waals surface area contributed by atoms with Crippen LogP contribution in [0.2, 0.25) is 0 Å². The molecule has 2 heterocycles. The minimum Gasteiger partial charge on any atom is -0.357 e. The molecular weight excluding hydrogens is 337 g/mol. The summed E-state index contributed by atoms with van der Waals surface area (Å²) in [5, 5.41) is 8.53. The Morgan fingerprint density at radius 2 is 2.25 bits per heavy atom. The molecular formula is C16H25F3N4S. The Morgan fingerprint density at radius 1 is 1.42 bits per heavy atom. The molecule has 2 N–H and O–H groups in total. The first kappa shape index (κ1) is 19.1. The van der Waals surface area contributed by atoms with Gasteiger partial charge in [0.05, 0.1) is 6.54 Å². The summed E-state index contributed by atoms with van der Waals surface area (Å²) >= 11 is 1.73. The van der Waals surface area contributed by atoms with E-state index in [1.54, 1.807) is 11.3 Å². The third-order valence-electron chi connectivity index (χ3n) is 3.87. The Kier molecular flexibility index (Phi) is 7.36. The van der Waals surface area contributed by atoms with E-state index in [9.17, 15) is 13.2 Å². The number of alkyl halides is 3. The molecule has 1 fully saturated rings. The molecule has 0 aromatic carbocycles. The van der Waals surface area contributed by atoms with E-state index < -0.39 is 12.7 Å². The third-order valence-corrected chi connectivity index (χ3v) is 4.80. The molecule has 0 saturated carbocycles. The molecule has 1 aromatic heterocycles. The summed E-state index contributed by atoms with van der Waals surface area (Å²) in [5.41, 5.74) is 0. The van der Waals surface area contributed by atoms with E-state index in [-0.39, 0.29) is 5.92 Å². The lowest BCUT2D eigenvalue weighted by Gasteiger charge is -2.17. The molecule has 136 valence electrons. The SMILES string of the molecule is CCNC(=NCC1CCN(CC(F)(F)F)C1)NCCc1cccs1. The van der Waals surface area contributed by atoms with Crippen molar-refractivity contribution in [1.82, 2.24) is 15.5 Å². The number of halogens is 3. The van der Waals surface area contributed by atoms with E-state index in [1.165, 1.54) is 9.78 Å². The van der Waals surface area contributed by atoms with Crippen LogP contribution in [0.1, 0.15) is 18.2 Å². The standard InChI is InChI=1S/C16H25F3N4S/c1-2-20-15(21-7-5-14-4-3-9-24-14)22-10-13-6-8-23(11-13)12-16(17,18)19/h3-4,9,13H,2,5-8,10-12H2,1H3,(H2,20,21,22). The molecule has 0 spiro atoms. The highest BCUT2D eigenvalue weighted by Crippen LogP contribution is 2.22. The highest BCUT2D eigenvalue weighted by Gasteiger charge is 2.34. The monoisotopic (exact) mass is 362 g/mol. The first-order valence-electron chi connectivity index (χ1n) is 8.30. The molecule has 24 heavy (non-hydrogen) atoms. The summed E-state index contributed by atoms with van der Waals surface area (Å²) in [7, 11) is 0. The molecule has 1 aliphatic heterocycles. The normalized spacial score (nSPS) is 19.7. The van der Waals surface area contributed by atoms with E-state index in [1.807, 2.05) is 13.0 Å². The van der Waals surface area contributed by atoms with Crippen LogP contribution < -0.4 is 10.6 Å². The zero-order valence-electron chi connectivity index (χ0n) is 13.9. The van der Waals surface area contributed by atoms with Crippen molar-refractivity contribution in [2.45, 2.75) is 25.9 Å². The zero-order valence-corrected chi connectivity index (χ0v) is 14.7. The highest BCUT2D eigenvalue weighted by atomic mass is 32.1. The van der Waals surface area contributed by atoms with Crippen molar-refractivity contribution in [3.8, 4) is 0 Å². The predicted octanol–water partition coefficient (Wildman–Crippen LogP) is 2.73. The second-order valence-electron chi connectivity index (χ2n) is 5.98. The molecule has 4 nitrogen and oxygen atoms in total. The molecule has 1 aromatic rings. The summed E-state index contributed by atoms with van der Waals surface area (Å²) in [6, 6.07) is 4.14. The Labute approximate surface area is 145 Å². The van der Waals surface area contributed by atoms with Gasteiger partial charge in [0.25, 0.3) is 0 Å². The number of thiophene rings is 1. The lowest BCUT2D eigenvalue weighted by atomic mass is 10.1. The maximum atomic E-state index is 12.4. The van der Waals surface area contributed by atoms with Gasteiger partial charge in [0.2, 0.25) is 0 Å². The Balaban J connectivity index is 1.74. The number of nitrogens with zero attached hydrogens (tertiary/aromatic N) is 2. The van der Waals surface area contributed by atoms with Crippen molar-refractivity contribution >= 4 is 17.3 Å². The van der Waals surface area contributed by atoms with Crippen LogP contribution in [0.5, 0.6) is 0 Å². The first-order chi connectivity index (χ1) is 11.5. The van der Waals surface area contributed by atoms with E-state index in [0.717, 1.165) is 31.9 Å². The average molecular weight is 362 g/mol. The summed E-state index contributed by atoms with van der Waals surface area (Å²) < 4.78 is 37.2. The van der Waals surface area contributed by atoms with Gasteiger partial charge in [-0.05, 0) is 43.7 Å². The number of nitrogens with one attached hydrogen (secondary N) is 2. The highest BCUT2D eigenvalue weighted by molar-refractivity contribution is 7.09. The maximum Gasteiger partial charge on any atom is 0.401 e. The van der Waals surface area contributed by atoms with E-state index in [0.29, 0.717) is 19.6 Å². The fourth-order valence-corrected chi connectivity index (χ4v) is 3.49. The summed E-state index contributed by atoms with van der Waals surface area (Å²) in [5.74, 6) is 0.934. The number of aliphatic imine (C=N–C) groups is 1. The number of guanidine groups is 1. The van der Waals surface area contributed by atoms with Crippen LogP contribution in [0.3, 0.4) is 0 Å². The van der Waals surface area contributed by atoms with Gasteiger partial charge >= 0.3 is 6.18 Å². The van der Waals surface area contributed by atoms with Crippen LogP contribution in [-0.4, -0.2) is 56.3 Å². The molecule has 1 atom stereocenters. The van der Waals surface area contributed by atoms with E-state index >= 15 is 0 Å². The quantitative estimate of drug-likeness (QED) is 0.579. The average Bonchev–Trinajstić information content (AvgIpc) is 3.15. The van der Waals surface area contributed by atoms with Gasteiger partial charge in [-0.3, -0.25) is 9.89 Å². The predicted molar refractivity (Wildman–Crippen MR) is 92.6 cm³/mol. The minimum atomic E-state index is -4.11. The summed E-state index contributed by atoms with van der Waals surface area (Å²) in [6.07, 6.45) is -2.41. The van der Waals surface area contributed by atoms with Crippen LogP contribution in [-0.2, 0) is 6.42 Å². The number of likely N-dealkylation sites (tertiary alicyclic amines) is 1. The minimum absolute atomic E-state index is 0.195. The molecule has 8 heteroatoms. The van der Waals surface area contributed by atoms with Crippen molar-refractivity contribution in [2.24, 2.45) is 10.9 Å². The largest absolute Gasteiger partial charge is 0.401 e. The van der Waals surface area contributed by atoms with Gasteiger partial charge in [0.1, 0.15) is 0 Å². The van der Waals surface area contributed by atoms with Crippen LogP contribution in [0.25, 0.3) is 0 Å².